The molecule has 0 aromatic carbocycles. The van der Waals surface area contributed by atoms with Crippen molar-refractivity contribution in [3.8, 4) is 0 Å². The Balaban J connectivity index is 2.32. The lowest BCUT2D eigenvalue weighted by Crippen LogP contribution is -1.97. The summed E-state index contributed by atoms with van der Waals surface area (Å²) in [4.78, 5) is 4.01. The first kappa shape index (κ1) is 9.99. The molecule has 13 heavy (non-hydrogen) atoms. The van der Waals surface area contributed by atoms with E-state index >= 15 is 0 Å². The second kappa shape index (κ2) is 5.54. The van der Waals surface area contributed by atoms with Crippen LogP contribution in [0.1, 0.15) is 24.8 Å². The van der Waals surface area contributed by atoms with Crippen LogP contribution in [0.5, 0.6) is 0 Å². The highest BCUT2D eigenvalue weighted by Crippen LogP contribution is 2.11. The zero-order valence-corrected chi connectivity index (χ0v) is 7.74. The molecule has 1 aromatic heterocycles. The number of hydrogen-bond donors (Lipinski definition) is 2. The fourth-order valence-electron chi connectivity index (χ4n) is 1.27. The molecular weight excluding hydrogens is 164 g/mol. The van der Waals surface area contributed by atoms with Crippen LogP contribution in [0.4, 0.5) is 5.82 Å². The molecular formula is C10H16N2O. The minimum Gasteiger partial charge on any atom is -0.396 e. The number of aryl methyl sites for hydroxylation is 1. The zero-order valence-electron chi connectivity index (χ0n) is 7.74. The maximum atomic E-state index is 8.58. The fourth-order valence-corrected chi connectivity index (χ4v) is 1.27. The summed E-state index contributed by atoms with van der Waals surface area (Å²) < 4.78 is 0. The van der Waals surface area contributed by atoms with Crippen molar-refractivity contribution >= 4 is 5.82 Å². The fraction of sp³-hybridized carbons (Fsp3) is 0.500. The number of hydrogen-bond acceptors (Lipinski definition) is 3. The molecule has 1 rings (SSSR count). The van der Waals surface area contributed by atoms with Crippen molar-refractivity contribution < 1.29 is 5.11 Å². The van der Waals surface area contributed by atoms with E-state index in [1.54, 1.807) is 6.20 Å². The SMILES string of the molecule is Nc1ncccc1CCCCCO. The lowest BCUT2D eigenvalue weighted by Gasteiger charge is -2.02. The number of nitrogen functional groups attached to an aromatic ring is 1. The first-order valence-corrected chi connectivity index (χ1v) is 4.65. The molecule has 0 spiro atoms. The minimum atomic E-state index is 0.280. The largest absolute Gasteiger partial charge is 0.396 e. The van der Waals surface area contributed by atoms with Gasteiger partial charge in [-0.1, -0.05) is 12.5 Å². The van der Waals surface area contributed by atoms with Gasteiger partial charge in [0.05, 0.1) is 0 Å². The maximum absolute atomic E-state index is 8.58. The third kappa shape index (κ3) is 3.42. The molecule has 3 nitrogen and oxygen atoms in total. The average molecular weight is 180 g/mol. The van der Waals surface area contributed by atoms with Crippen LogP contribution in [0.2, 0.25) is 0 Å². The Bertz CT molecular complexity index is 250. The van der Waals surface area contributed by atoms with Gasteiger partial charge in [-0.2, -0.15) is 0 Å². The summed E-state index contributed by atoms with van der Waals surface area (Å²) in [5.41, 5.74) is 6.79. The molecule has 0 saturated carbocycles. The normalized spacial score (nSPS) is 10.2. The predicted molar refractivity (Wildman–Crippen MR) is 53.3 cm³/mol. The second-order valence-corrected chi connectivity index (χ2v) is 3.08. The smallest absolute Gasteiger partial charge is 0.126 e. The molecule has 0 amide bonds. The van der Waals surface area contributed by atoms with Gasteiger partial charge in [0.2, 0.25) is 0 Å². The molecule has 0 bridgehead atoms. The van der Waals surface area contributed by atoms with Gasteiger partial charge in [0.25, 0.3) is 0 Å². The summed E-state index contributed by atoms with van der Waals surface area (Å²) in [6.45, 7) is 0.280. The first-order valence-electron chi connectivity index (χ1n) is 4.65. The van der Waals surface area contributed by atoms with E-state index < -0.39 is 0 Å². The quantitative estimate of drug-likeness (QED) is 0.673. The average Bonchev–Trinajstić information content (AvgIpc) is 2.15. The highest BCUT2D eigenvalue weighted by molar-refractivity contribution is 5.38. The van der Waals surface area contributed by atoms with Crippen LogP contribution in [0.25, 0.3) is 0 Å². The number of nitrogens with two attached hydrogens (primary N) is 1. The monoisotopic (exact) mass is 180 g/mol. The van der Waals surface area contributed by atoms with Crippen LogP contribution in [-0.2, 0) is 6.42 Å². The van der Waals surface area contributed by atoms with Gasteiger partial charge < -0.3 is 10.8 Å². The molecule has 3 heteroatoms. The third-order valence-corrected chi connectivity index (χ3v) is 2.03. The molecule has 1 heterocycles. The van der Waals surface area contributed by atoms with Crippen LogP contribution >= 0.6 is 0 Å². The Morgan fingerprint density at radius 1 is 1.31 bits per heavy atom. The van der Waals surface area contributed by atoms with E-state index in [0.29, 0.717) is 5.82 Å². The first-order chi connectivity index (χ1) is 6.34. The third-order valence-electron chi connectivity index (χ3n) is 2.03. The molecule has 0 aliphatic rings. The van der Waals surface area contributed by atoms with Crippen molar-refractivity contribution in [3.05, 3.63) is 23.9 Å². The highest BCUT2D eigenvalue weighted by atomic mass is 16.2. The maximum Gasteiger partial charge on any atom is 0.126 e. The standard InChI is InChI=1S/C10H16N2O/c11-10-9(6-4-7-12-10)5-2-1-3-8-13/h4,6-7,13H,1-3,5,8H2,(H2,11,12). The lowest BCUT2D eigenvalue weighted by molar-refractivity contribution is 0.283. The number of rotatable bonds is 5. The molecule has 0 radical (unpaired) electrons. The highest BCUT2D eigenvalue weighted by Gasteiger charge is 1.97. The number of nitrogens with zero attached hydrogens (tertiary/aromatic N) is 1. The number of aliphatic hydroxyl groups is 1. The topological polar surface area (TPSA) is 59.1 Å². The lowest BCUT2D eigenvalue weighted by atomic mass is 10.1. The van der Waals surface area contributed by atoms with E-state index in [1.165, 1.54) is 0 Å². The van der Waals surface area contributed by atoms with Crippen LogP contribution in [0, 0.1) is 0 Å². The second-order valence-electron chi connectivity index (χ2n) is 3.08. The molecule has 0 atom stereocenters. The number of aliphatic hydroxyl groups excluding tert-OH is 1. The van der Waals surface area contributed by atoms with E-state index in [0.717, 1.165) is 31.2 Å². The Morgan fingerprint density at radius 3 is 2.85 bits per heavy atom. The van der Waals surface area contributed by atoms with Gasteiger partial charge in [0, 0.05) is 12.8 Å². The van der Waals surface area contributed by atoms with Gasteiger partial charge >= 0.3 is 0 Å². The van der Waals surface area contributed by atoms with E-state index in [1.807, 2.05) is 12.1 Å². The van der Waals surface area contributed by atoms with Crippen LogP contribution in [-0.4, -0.2) is 16.7 Å². The number of anilines is 1. The van der Waals surface area contributed by atoms with Crippen molar-refractivity contribution in [2.45, 2.75) is 25.7 Å². The Labute approximate surface area is 78.6 Å². The summed E-state index contributed by atoms with van der Waals surface area (Å²) in [6, 6.07) is 3.90. The van der Waals surface area contributed by atoms with Crippen molar-refractivity contribution in [2.24, 2.45) is 0 Å². The molecule has 72 valence electrons. The molecule has 0 saturated heterocycles. The molecule has 3 N–H and O–H groups in total. The van der Waals surface area contributed by atoms with Crippen molar-refractivity contribution in [3.63, 3.8) is 0 Å². The molecule has 1 aromatic rings. The predicted octanol–water partition coefficient (Wildman–Crippen LogP) is 1.37. The van der Waals surface area contributed by atoms with Crippen molar-refractivity contribution in [1.29, 1.82) is 0 Å². The Morgan fingerprint density at radius 2 is 2.15 bits per heavy atom. The minimum absolute atomic E-state index is 0.280. The van der Waals surface area contributed by atoms with Gasteiger partial charge in [0.1, 0.15) is 5.82 Å². The van der Waals surface area contributed by atoms with Crippen LogP contribution in [0.3, 0.4) is 0 Å². The van der Waals surface area contributed by atoms with Gasteiger partial charge in [-0.25, -0.2) is 4.98 Å². The Kier molecular flexibility index (Phi) is 4.26. The summed E-state index contributed by atoms with van der Waals surface area (Å²) >= 11 is 0. The number of unbranched alkanes of at least 4 members (excludes halogenated alkanes) is 2. The van der Waals surface area contributed by atoms with E-state index in [-0.39, 0.29) is 6.61 Å². The van der Waals surface area contributed by atoms with Crippen LogP contribution < -0.4 is 5.73 Å². The number of aromatic nitrogens is 1. The number of pyridine rings is 1. The molecule has 0 aliphatic carbocycles. The summed E-state index contributed by atoms with van der Waals surface area (Å²) in [5, 5.41) is 8.58. The summed E-state index contributed by atoms with van der Waals surface area (Å²) in [6.07, 6.45) is 5.65. The summed E-state index contributed by atoms with van der Waals surface area (Å²) in [5.74, 6) is 0.631. The van der Waals surface area contributed by atoms with Gasteiger partial charge in [-0.3, -0.25) is 0 Å². The zero-order chi connectivity index (χ0) is 9.52. The van der Waals surface area contributed by atoms with Gasteiger partial charge in [-0.15, -0.1) is 0 Å². The summed E-state index contributed by atoms with van der Waals surface area (Å²) in [7, 11) is 0. The molecule has 0 unspecified atom stereocenters. The van der Waals surface area contributed by atoms with E-state index in [2.05, 4.69) is 4.98 Å². The van der Waals surface area contributed by atoms with E-state index in [4.69, 9.17) is 10.8 Å². The van der Waals surface area contributed by atoms with Crippen molar-refractivity contribution in [2.75, 3.05) is 12.3 Å². The van der Waals surface area contributed by atoms with E-state index in [9.17, 15) is 0 Å². The van der Waals surface area contributed by atoms with Gasteiger partial charge in [-0.05, 0) is 30.9 Å². The van der Waals surface area contributed by atoms with Gasteiger partial charge in [0.15, 0.2) is 0 Å². The molecule has 0 aliphatic heterocycles. The van der Waals surface area contributed by atoms with Crippen LogP contribution in [0.15, 0.2) is 18.3 Å². The Hall–Kier alpha value is -1.09. The molecule has 0 fully saturated rings. The van der Waals surface area contributed by atoms with Crippen molar-refractivity contribution in [1.82, 2.24) is 4.98 Å².